The Bertz CT molecular complexity index is 2960. The van der Waals surface area contributed by atoms with Crippen LogP contribution in [-0.4, -0.2) is 18.9 Å². The van der Waals surface area contributed by atoms with Gasteiger partial charge in [0, 0.05) is 49.5 Å². The lowest BCUT2D eigenvalue weighted by Gasteiger charge is -2.08. The van der Waals surface area contributed by atoms with Crippen molar-refractivity contribution in [3.8, 4) is 5.69 Å². The van der Waals surface area contributed by atoms with E-state index in [1.165, 1.54) is 32.6 Å². The minimum atomic E-state index is 0.887. The fraction of sp³-hybridized carbons (Fsp3) is 0. The summed E-state index contributed by atoms with van der Waals surface area (Å²) in [6.45, 7) is 0. The second-order valence-corrected chi connectivity index (χ2v) is 11.4. The number of rotatable bonds is 1. The van der Waals surface area contributed by atoms with Crippen LogP contribution in [0, 0.1) is 0 Å². The minimum Gasteiger partial charge on any atom is -0.456 e. The molecule has 0 spiro atoms. The molecular weight excluding hydrogens is 528 g/mol. The first-order chi connectivity index (χ1) is 21.3. The third-order valence-corrected chi connectivity index (χ3v) is 9.22. The Balaban J connectivity index is 1.31. The first kappa shape index (κ1) is 21.8. The zero-order valence-electron chi connectivity index (χ0n) is 22.7. The van der Waals surface area contributed by atoms with Crippen molar-refractivity contribution in [1.29, 1.82) is 0 Å². The fourth-order valence-electron chi connectivity index (χ4n) is 7.40. The van der Waals surface area contributed by atoms with Crippen molar-refractivity contribution >= 4 is 93.1 Å². The van der Waals surface area contributed by atoms with Crippen LogP contribution in [0.3, 0.4) is 0 Å². The summed E-state index contributed by atoms with van der Waals surface area (Å²) in [5.74, 6) is 0. The van der Waals surface area contributed by atoms with Crippen LogP contribution >= 0.6 is 0 Å². The van der Waals surface area contributed by atoms with Gasteiger partial charge in [0.1, 0.15) is 16.7 Å². The van der Waals surface area contributed by atoms with Crippen molar-refractivity contribution in [3.63, 3.8) is 0 Å². The summed E-state index contributed by atoms with van der Waals surface area (Å²) in [5.41, 5.74) is 11.1. The molecule has 0 aliphatic carbocycles. The van der Waals surface area contributed by atoms with Gasteiger partial charge in [0.05, 0.1) is 33.1 Å². The van der Waals surface area contributed by atoms with Crippen LogP contribution in [0.2, 0.25) is 0 Å². The molecule has 0 N–H and O–H groups in total. The number of hydrogen-bond donors (Lipinski definition) is 0. The lowest BCUT2D eigenvalue weighted by Crippen LogP contribution is -1.94. The van der Waals surface area contributed by atoms with Gasteiger partial charge in [0.25, 0.3) is 0 Å². The highest BCUT2D eigenvalue weighted by atomic mass is 16.3. The van der Waals surface area contributed by atoms with E-state index in [1.54, 1.807) is 0 Å². The van der Waals surface area contributed by atoms with Crippen molar-refractivity contribution < 1.29 is 4.42 Å². The molecular formula is C38H20N4O. The standard InChI is InChI=1S/C38H20N4O/c1-5-14-31-22(8-1)27-19-28-25-10-7-11-26-36-38(40-30-13-4-3-12-29(30)39-36)42(37(25)26)33(28)20-32(27)41(31)21-16-17-24-23-9-2-6-15-34(23)43-35(24)18-21/h1-20H. The maximum atomic E-state index is 6.31. The van der Waals surface area contributed by atoms with Crippen molar-refractivity contribution in [2.24, 2.45) is 0 Å². The van der Waals surface area contributed by atoms with E-state index in [1.807, 2.05) is 36.4 Å². The molecule has 0 aliphatic rings. The van der Waals surface area contributed by atoms with E-state index in [0.717, 1.165) is 66.2 Å². The molecule has 0 saturated heterocycles. The van der Waals surface area contributed by atoms with Crippen LogP contribution in [0.15, 0.2) is 126 Å². The molecule has 5 heteroatoms. The Hall–Kier alpha value is -5.94. The van der Waals surface area contributed by atoms with E-state index in [2.05, 4.69) is 93.9 Å². The van der Waals surface area contributed by atoms with E-state index < -0.39 is 0 Å². The Labute approximate surface area is 243 Å². The van der Waals surface area contributed by atoms with E-state index in [0.29, 0.717) is 0 Å². The van der Waals surface area contributed by atoms with Crippen molar-refractivity contribution in [1.82, 2.24) is 18.9 Å². The van der Waals surface area contributed by atoms with Gasteiger partial charge in [0.2, 0.25) is 0 Å². The molecule has 5 nitrogen and oxygen atoms in total. The molecule has 0 aliphatic heterocycles. The van der Waals surface area contributed by atoms with E-state index >= 15 is 0 Å². The van der Waals surface area contributed by atoms with Gasteiger partial charge in [0.15, 0.2) is 5.65 Å². The van der Waals surface area contributed by atoms with Crippen LogP contribution in [0.25, 0.3) is 98.8 Å². The van der Waals surface area contributed by atoms with Gasteiger partial charge in [-0.25, -0.2) is 9.97 Å². The Morgan fingerprint density at radius 3 is 2.12 bits per heavy atom. The molecule has 43 heavy (non-hydrogen) atoms. The average molecular weight is 549 g/mol. The van der Waals surface area contributed by atoms with Gasteiger partial charge in [-0.05, 0) is 48.5 Å². The molecule has 6 aromatic carbocycles. The number of furan rings is 1. The largest absolute Gasteiger partial charge is 0.456 e. The van der Waals surface area contributed by atoms with Gasteiger partial charge in [-0.2, -0.15) is 0 Å². The van der Waals surface area contributed by atoms with E-state index in [9.17, 15) is 0 Å². The van der Waals surface area contributed by atoms with Gasteiger partial charge in [-0.3, -0.25) is 4.40 Å². The molecule has 11 rings (SSSR count). The first-order valence-electron chi connectivity index (χ1n) is 14.5. The topological polar surface area (TPSA) is 48.3 Å². The molecule has 198 valence electrons. The van der Waals surface area contributed by atoms with Crippen LogP contribution in [-0.2, 0) is 0 Å². The maximum absolute atomic E-state index is 6.31. The predicted molar refractivity (Wildman–Crippen MR) is 176 cm³/mol. The fourth-order valence-corrected chi connectivity index (χ4v) is 7.40. The average Bonchev–Trinajstić information content (AvgIpc) is 3.77. The Kier molecular flexibility index (Phi) is 3.78. The quantitative estimate of drug-likeness (QED) is 0.205. The zero-order chi connectivity index (χ0) is 27.8. The third-order valence-electron chi connectivity index (χ3n) is 9.22. The highest BCUT2D eigenvalue weighted by Gasteiger charge is 2.22. The molecule has 0 atom stereocenters. The lowest BCUT2D eigenvalue weighted by atomic mass is 10.1. The molecule has 0 amide bonds. The molecule has 0 saturated carbocycles. The molecule has 0 radical (unpaired) electrons. The van der Waals surface area contributed by atoms with Crippen LogP contribution in [0.4, 0.5) is 0 Å². The monoisotopic (exact) mass is 548 g/mol. The van der Waals surface area contributed by atoms with Crippen LogP contribution < -0.4 is 0 Å². The van der Waals surface area contributed by atoms with Crippen LogP contribution in [0.5, 0.6) is 0 Å². The number of nitrogens with zero attached hydrogens (tertiary/aromatic N) is 4. The molecule has 5 aromatic heterocycles. The zero-order valence-corrected chi connectivity index (χ0v) is 22.7. The molecule has 0 bridgehead atoms. The molecule has 0 unspecified atom stereocenters. The van der Waals surface area contributed by atoms with Gasteiger partial charge in [-0.1, -0.05) is 66.7 Å². The number of aromatic nitrogens is 4. The summed E-state index contributed by atoms with van der Waals surface area (Å²) >= 11 is 0. The van der Waals surface area contributed by atoms with Crippen LogP contribution in [0.1, 0.15) is 0 Å². The van der Waals surface area contributed by atoms with E-state index in [-0.39, 0.29) is 0 Å². The highest BCUT2D eigenvalue weighted by Crippen LogP contribution is 2.42. The second-order valence-electron chi connectivity index (χ2n) is 11.4. The van der Waals surface area contributed by atoms with Gasteiger partial charge < -0.3 is 8.98 Å². The predicted octanol–water partition coefficient (Wildman–Crippen LogP) is 9.78. The van der Waals surface area contributed by atoms with Crippen molar-refractivity contribution in [2.45, 2.75) is 0 Å². The van der Waals surface area contributed by atoms with Crippen molar-refractivity contribution in [2.75, 3.05) is 0 Å². The maximum Gasteiger partial charge on any atom is 0.165 e. The summed E-state index contributed by atoms with van der Waals surface area (Å²) in [6.07, 6.45) is 0. The number of fused-ring (bicyclic) bond motifs is 13. The first-order valence-corrected chi connectivity index (χ1v) is 14.5. The summed E-state index contributed by atoms with van der Waals surface area (Å²) in [7, 11) is 0. The molecule has 0 fully saturated rings. The normalized spacial score (nSPS) is 12.7. The lowest BCUT2D eigenvalue weighted by molar-refractivity contribution is 0.668. The highest BCUT2D eigenvalue weighted by molar-refractivity contribution is 6.25. The number of para-hydroxylation sites is 5. The summed E-state index contributed by atoms with van der Waals surface area (Å²) in [5, 5.41) is 8.29. The van der Waals surface area contributed by atoms with Crippen molar-refractivity contribution in [3.05, 3.63) is 121 Å². The SMILES string of the molecule is c1ccc2nc3c(nc2c1)c1cccc2c4cc5c6ccccc6n(-c6ccc7c(c6)oc6ccccc67)c5cc4n3c21. The Morgan fingerprint density at radius 1 is 0.465 bits per heavy atom. The number of hydrogen-bond acceptors (Lipinski definition) is 3. The number of benzene rings is 6. The Morgan fingerprint density at radius 2 is 1.19 bits per heavy atom. The minimum absolute atomic E-state index is 0.887. The van der Waals surface area contributed by atoms with Gasteiger partial charge >= 0.3 is 0 Å². The third kappa shape index (κ3) is 2.63. The van der Waals surface area contributed by atoms with Gasteiger partial charge in [-0.15, -0.1) is 0 Å². The molecule has 11 aromatic rings. The smallest absolute Gasteiger partial charge is 0.165 e. The van der Waals surface area contributed by atoms with E-state index in [4.69, 9.17) is 14.4 Å². The summed E-state index contributed by atoms with van der Waals surface area (Å²) in [4.78, 5) is 10.2. The molecule has 5 heterocycles. The second kappa shape index (κ2) is 7.46. The summed E-state index contributed by atoms with van der Waals surface area (Å²) in [6, 6.07) is 42.8. The summed E-state index contributed by atoms with van der Waals surface area (Å²) < 4.78 is 11.0.